The number of aromatic nitrogens is 2. The van der Waals surface area contributed by atoms with Crippen LogP contribution in [0.4, 0.5) is 0 Å². The molecule has 0 unspecified atom stereocenters. The Balaban J connectivity index is 2.81. The summed E-state index contributed by atoms with van der Waals surface area (Å²) in [6.45, 7) is 0. The number of nitrogens with zero attached hydrogens (tertiary/aromatic N) is 2. The van der Waals surface area contributed by atoms with Crippen LogP contribution < -0.4 is 4.59 Å². The van der Waals surface area contributed by atoms with Gasteiger partial charge >= 0.3 is 104 Å². The van der Waals surface area contributed by atoms with E-state index < -0.39 is 0 Å². The first kappa shape index (κ1) is 10.7. The first-order valence-corrected chi connectivity index (χ1v) is 10.0. The zero-order valence-electron chi connectivity index (χ0n) is 6.74. The molecule has 0 amide bonds. The van der Waals surface area contributed by atoms with Gasteiger partial charge in [-0.15, -0.1) is 0 Å². The molecule has 0 atom stereocenters. The third-order valence-corrected chi connectivity index (χ3v) is 4.99. The number of rotatable bonds is 1. The van der Waals surface area contributed by atoms with Gasteiger partial charge in [0.25, 0.3) is 0 Å². The predicted molar refractivity (Wildman–Crippen MR) is 62.1 cm³/mol. The molecule has 0 fully saturated rings. The average Bonchev–Trinajstić information content (AvgIpc) is 2.17. The normalized spacial score (nSPS) is 10.8. The molecule has 72 valence electrons. The number of halogens is 2. The summed E-state index contributed by atoms with van der Waals surface area (Å²) < 4.78 is 0.968. The van der Waals surface area contributed by atoms with E-state index in [4.69, 9.17) is 23.2 Å². The molecule has 0 aliphatic carbocycles. The Bertz CT molecular complexity index is 490. The predicted octanol–water partition coefficient (Wildman–Crippen LogP) is 1.08. The molecule has 0 bridgehead atoms. The van der Waals surface area contributed by atoms with Crippen LogP contribution in [0, 0.1) is 0 Å². The SMILES string of the molecule is Clc1ccc2nc(Cl)nc([Se][SeH])c2c1. The quantitative estimate of drug-likeness (QED) is 0.564. The van der Waals surface area contributed by atoms with Gasteiger partial charge in [0.2, 0.25) is 0 Å². The summed E-state index contributed by atoms with van der Waals surface area (Å²) >= 11 is 14.4. The molecule has 0 N–H and O–H groups in total. The number of fused-ring (bicyclic) bond motifs is 1. The van der Waals surface area contributed by atoms with Gasteiger partial charge in [-0.2, -0.15) is 0 Å². The Morgan fingerprint density at radius 1 is 1.21 bits per heavy atom. The molecule has 2 nitrogen and oxygen atoms in total. The summed E-state index contributed by atoms with van der Waals surface area (Å²) in [4.78, 5) is 8.29. The van der Waals surface area contributed by atoms with E-state index >= 15 is 0 Å². The molecule has 6 heteroatoms. The van der Waals surface area contributed by atoms with Gasteiger partial charge < -0.3 is 0 Å². The second kappa shape index (κ2) is 4.36. The van der Waals surface area contributed by atoms with Crippen LogP contribution in [-0.2, 0) is 0 Å². The topological polar surface area (TPSA) is 25.8 Å². The van der Waals surface area contributed by atoms with Crippen molar-refractivity contribution in [2.24, 2.45) is 0 Å². The van der Waals surface area contributed by atoms with Crippen LogP contribution in [0.1, 0.15) is 0 Å². The number of benzene rings is 1. The number of hydrogen-bond acceptors (Lipinski definition) is 2. The van der Waals surface area contributed by atoms with Crippen molar-refractivity contribution in [2.75, 3.05) is 0 Å². The van der Waals surface area contributed by atoms with Gasteiger partial charge in [0.05, 0.1) is 0 Å². The van der Waals surface area contributed by atoms with Gasteiger partial charge in [-0.25, -0.2) is 0 Å². The molecule has 1 heterocycles. The monoisotopic (exact) mass is 358 g/mol. The third kappa shape index (κ3) is 2.06. The molecular weight excluding hydrogens is 353 g/mol. The fourth-order valence-electron chi connectivity index (χ4n) is 1.12. The van der Waals surface area contributed by atoms with E-state index in [1.54, 1.807) is 6.07 Å². The van der Waals surface area contributed by atoms with Crippen molar-refractivity contribution in [2.45, 2.75) is 0 Å². The zero-order valence-corrected chi connectivity index (χ0v) is 11.8. The van der Waals surface area contributed by atoms with Crippen molar-refractivity contribution < 1.29 is 0 Å². The molecule has 0 saturated heterocycles. The van der Waals surface area contributed by atoms with Crippen LogP contribution in [0.25, 0.3) is 10.9 Å². The molecule has 0 aliphatic heterocycles. The van der Waals surface area contributed by atoms with Crippen LogP contribution in [0.2, 0.25) is 10.3 Å². The molecule has 14 heavy (non-hydrogen) atoms. The second-order valence-corrected chi connectivity index (χ2v) is 6.51. The fraction of sp³-hybridized carbons (Fsp3) is 0. The summed E-state index contributed by atoms with van der Waals surface area (Å²) in [6.07, 6.45) is 0. The van der Waals surface area contributed by atoms with E-state index in [9.17, 15) is 0 Å². The standard InChI is InChI=1S/C8H4Cl2N2Se2/c9-4-1-2-6-5(3-4)7(14-13)12-8(10)11-6/h1-3,13H. The maximum atomic E-state index is 5.90. The van der Waals surface area contributed by atoms with Gasteiger partial charge in [0, 0.05) is 0 Å². The fourth-order valence-corrected chi connectivity index (χ4v) is 3.91. The van der Waals surface area contributed by atoms with Crippen molar-refractivity contribution in [3.8, 4) is 0 Å². The van der Waals surface area contributed by atoms with E-state index in [0.29, 0.717) is 10.3 Å². The molecule has 0 aliphatic rings. The Morgan fingerprint density at radius 3 is 2.71 bits per heavy atom. The van der Waals surface area contributed by atoms with Crippen LogP contribution in [-0.4, -0.2) is 37.3 Å². The summed E-state index contributed by atoms with van der Waals surface area (Å²) in [5, 5.41) is 1.98. The van der Waals surface area contributed by atoms with Crippen molar-refractivity contribution in [3.63, 3.8) is 0 Å². The molecule has 1 aromatic heterocycles. The molecule has 0 spiro atoms. The van der Waals surface area contributed by atoms with Crippen LogP contribution >= 0.6 is 23.2 Å². The molecule has 1 aromatic carbocycles. The van der Waals surface area contributed by atoms with Crippen LogP contribution in [0.15, 0.2) is 18.2 Å². The van der Waals surface area contributed by atoms with E-state index in [0.717, 1.165) is 15.5 Å². The molecule has 0 radical (unpaired) electrons. The first-order valence-electron chi connectivity index (χ1n) is 3.65. The van der Waals surface area contributed by atoms with Gasteiger partial charge in [0.1, 0.15) is 0 Å². The molecule has 0 saturated carbocycles. The van der Waals surface area contributed by atoms with Crippen molar-refractivity contribution in [1.82, 2.24) is 9.97 Å². The van der Waals surface area contributed by atoms with Crippen molar-refractivity contribution in [1.29, 1.82) is 0 Å². The summed E-state index contributed by atoms with van der Waals surface area (Å²) in [5.74, 6) is 0. The summed E-state index contributed by atoms with van der Waals surface area (Å²) in [5.41, 5.74) is 0.845. The zero-order chi connectivity index (χ0) is 10.1. The van der Waals surface area contributed by atoms with E-state index in [2.05, 4.69) is 24.2 Å². The second-order valence-electron chi connectivity index (χ2n) is 2.55. The molecule has 2 aromatic rings. The third-order valence-electron chi connectivity index (χ3n) is 1.68. The maximum absolute atomic E-state index is 5.90. The van der Waals surface area contributed by atoms with Crippen molar-refractivity contribution in [3.05, 3.63) is 28.5 Å². The van der Waals surface area contributed by atoms with Gasteiger partial charge in [-0.3, -0.25) is 0 Å². The Kier molecular flexibility index (Phi) is 3.33. The number of hydrogen-bond donors (Lipinski definition) is 0. The van der Waals surface area contributed by atoms with E-state index in [-0.39, 0.29) is 13.1 Å². The Morgan fingerprint density at radius 2 is 2.00 bits per heavy atom. The van der Waals surface area contributed by atoms with E-state index in [1.165, 1.54) is 0 Å². The Hall–Kier alpha value is 0.179. The van der Waals surface area contributed by atoms with Gasteiger partial charge in [-0.1, -0.05) is 0 Å². The molecule has 2 rings (SSSR count). The summed E-state index contributed by atoms with van der Waals surface area (Å²) in [7, 11) is 0. The van der Waals surface area contributed by atoms with Crippen molar-refractivity contribution >= 4 is 66.0 Å². The van der Waals surface area contributed by atoms with E-state index in [1.807, 2.05) is 12.1 Å². The Labute approximate surface area is 104 Å². The average molecular weight is 357 g/mol. The van der Waals surface area contributed by atoms with Crippen LogP contribution in [0.5, 0.6) is 0 Å². The van der Waals surface area contributed by atoms with Gasteiger partial charge in [-0.05, 0) is 0 Å². The first-order chi connectivity index (χ1) is 6.70. The molecular formula is C8H4Cl2N2Se2. The minimum atomic E-state index is 0.225. The van der Waals surface area contributed by atoms with Crippen LogP contribution in [0.3, 0.4) is 0 Å². The van der Waals surface area contributed by atoms with Gasteiger partial charge in [0.15, 0.2) is 0 Å². The minimum absolute atomic E-state index is 0.225. The summed E-state index contributed by atoms with van der Waals surface area (Å²) in [6, 6.07) is 5.53.